The lowest BCUT2D eigenvalue weighted by atomic mass is 9.99. The number of hydrogen-bond acceptors (Lipinski definition) is 4. The molecule has 6 nitrogen and oxygen atoms in total. The second-order valence-electron chi connectivity index (χ2n) is 7.62. The first-order chi connectivity index (χ1) is 15.5. The van der Waals surface area contributed by atoms with Crippen molar-refractivity contribution >= 4 is 44.3 Å². The first-order valence-electron chi connectivity index (χ1n) is 10.2. The molecule has 1 aliphatic heterocycles. The number of aliphatic hydroxyl groups is 1. The van der Waals surface area contributed by atoms with Gasteiger partial charge in [-0.25, -0.2) is 0 Å². The standard InChI is InChI=1S/C25H19BrN2O4/c26-17-9-7-15(8-10-17)23(29)21-22(20-6-3-13-32-20)28(25(31)24(21)30)12-11-16-14-27-19-5-2-1-4-18(16)19/h1-10,13-14,22,27,29H,11-12H2/b23-21-. The van der Waals surface area contributed by atoms with Gasteiger partial charge in [0.15, 0.2) is 0 Å². The van der Waals surface area contributed by atoms with Crippen LogP contribution in [0.5, 0.6) is 0 Å². The highest BCUT2D eigenvalue weighted by molar-refractivity contribution is 9.10. The third kappa shape index (κ3) is 3.44. The average molecular weight is 491 g/mol. The SMILES string of the molecule is O=C1C(=O)N(CCc2c[nH]c3ccccc23)C(c2ccco2)/C1=C(/O)c1ccc(Br)cc1. The highest BCUT2D eigenvalue weighted by Gasteiger charge is 2.47. The third-order valence-corrected chi connectivity index (χ3v) is 6.30. The van der Waals surface area contributed by atoms with Gasteiger partial charge in [0.1, 0.15) is 17.6 Å². The predicted molar refractivity (Wildman–Crippen MR) is 124 cm³/mol. The zero-order valence-corrected chi connectivity index (χ0v) is 18.5. The maximum atomic E-state index is 13.0. The first kappa shape index (κ1) is 20.3. The minimum Gasteiger partial charge on any atom is -0.507 e. The van der Waals surface area contributed by atoms with Gasteiger partial charge in [0.2, 0.25) is 0 Å². The summed E-state index contributed by atoms with van der Waals surface area (Å²) in [5, 5.41) is 12.1. The second kappa shape index (κ2) is 8.16. The summed E-state index contributed by atoms with van der Waals surface area (Å²) in [7, 11) is 0. The van der Waals surface area contributed by atoms with Crippen LogP contribution in [-0.2, 0) is 16.0 Å². The Kier molecular flexibility index (Phi) is 5.19. The van der Waals surface area contributed by atoms with Gasteiger partial charge in [-0.1, -0.05) is 46.3 Å². The molecule has 0 bridgehead atoms. The molecular formula is C25H19BrN2O4. The largest absolute Gasteiger partial charge is 0.507 e. The van der Waals surface area contributed by atoms with Crippen LogP contribution in [0.1, 0.15) is 22.9 Å². The third-order valence-electron chi connectivity index (χ3n) is 5.77. The molecule has 5 rings (SSSR count). The van der Waals surface area contributed by atoms with E-state index in [-0.39, 0.29) is 11.3 Å². The number of nitrogens with one attached hydrogen (secondary N) is 1. The number of nitrogens with zero attached hydrogens (tertiary/aromatic N) is 1. The lowest BCUT2D eigenvalue weighted by Gasteiger charge is -2.23. The molecule has 2 aromatic carbocycles. The molecule has 0 aliphatic carbocycles. The number of furan rings is 1. The van der Waals surface area contributed by atoms with E-state index in [4.69, 9.17) is 4.42 Å². The molecule has 1 saturated heterocycles. The van der Waals surface area contributed by atoms with E-state index in [9.17, 15) is 14.7 Å². The lowest BCUT2D eigenvalue weighted by Crippen LogP contribution is -2.31. The molecule has 32 heavy (non-hydrogen) atoms. The molecule has 1 amide bonds. The van der Waals surface area contributed by atoms with E-state index in [1.165, 1.54) is 11.2 Å². The summed E-state index contributed by atoms with van der Waals surface area (Å²) in [5.41, 5.74) is 2.56. The molecule has 0 saturated carbocycles. The number of carbonyl (C=O) groups excluding carboxylic acids is 2. The minimum absolute atomic E-state index is 0.0335. The summed E-state index contributed by atoms with van der Waals surface area (Å²) in [6, 6.07) is 17.5. The van der Waals surface area contributed by atoms with Gasteiger partial charge in [-0.15, -0.1) is 0 Å². The van der Waals surface area contributed by atoms with Gasteiger partial charge in [-0.2, -0.15) is 0 Å². The van der Waals surface area contributed by atoms with Gasteiger partial charge in [-0.05, 0) is 42.3 Å². The number of para-hydroxylation sites is 1. The molecule has 7 heteroatoms. The van der Waals surface area contributed by atoms with Gasteiger partial charge in [0.05, 0.1) is 11.8 Å². The summed E-state index contributed by atoms with van der Waals surface area (Å²) in [4.78, 5) is 30.7. The number of Topliss-reactive ketones (excluding diaryl/α,β-unsaturated/α-hetero) is 1. The van der Waals surface area contributed by atoms with Crippen LogP contribution in [0.3, 0.4) is 0 Å². The molecule has 2 aromatic heterocycles. The molecular weight excluding hydrogens is 472 g/mol. The smallest absolute Gasteiger partial charge is 0.295 e. The van der Waals surface area contributed by atoms with Crippen LogP contribution in [0.2, 0.25) is 0 Å². The molecule has 0 radical (unpaired) electrons. The zero-order chi connectivity index (χ0) is 22.2. The zero-order valence-electron chi connectivity index (χ0n) is 16.9. The Morgan fingerprint density at radius 1 is 1.06 bits per heavy atom. The Balaban J connectivity index is 1.53. The van der Waals surface area contributed by atoms with E-state index < -0.39 is 17.7 Å². The second-order valence-corrected chi connectivity index (χ2v) is 8.54. The maximum absolute atomic E-state index is 13.0. The molecule has 3 heterocycles. The summed E-state index contributed by atoms with van der Waals surface area (Å²) in [6.07, 6.45) is 3.96. The number of H-pyrrole nitrogens is 1. The Labute approximate surface area is 192 Å². The fourth-order valence-electron chi connectivity index (χ4n) is 4.20. The van der Waals surface area contributed by atoms with Crippen LogP contribution in [0, 0.1) is 0 Å². The van der Waals surface area contributed by atoms with Gasteiger partial charge >= 0.3 is 0 Å². The van der Waals surface area contributed by atoms with E-state index in [2.05, 4.69) is 20.9 Å². The summed E-state index contributed by atoms with van der Waals surface area (Å²) in [5.74, 6) is -1.15. The number of ketones is 1. The van der Waals surface area contributed by atoms with Crippen molar-refractivity contribution in [2.75, 3.05) is 6.54 Å². The number of likely N-dealkylation sites (tertiary alicyclic amines) is 1. The number of amides is 1. The fraction of sp³-hybridized carbons (Fsp3) is 0.120. The molecule has 1 unspecified atom stereocenters. The molecule has 1 fully saturated rings. The van der Waals surface area contributed by atoms with Crippen molar-refractivity contribution in [2.24, 2.45) is 0 Å². The van der Waals surface area contributed by atoms with Crippen molar-refractivity contribution in [1.82, 2.24) is 9.88 Å². The van der Waals surface area contributed by atoms with E-state index in [1.807, 2.05) is 30.5 Å². The van der Waals surface area contributed by atoms with Crippen LogP contribution >= 0.6 is 15.9 Å². The van der Waals surface area contributed by atoms with Crippen LogP contribution in [0.25, 0.3) is 16.7 Å². The van der Waals surface area contributed by atoms with Gasteiger partial charge in [-0.3, -0.25) is 9.59 Å². The number of aromatic nitrogens is 1. The van der Waals surface area contributed by atoms with Crippen molar-refractivity contribution in [1.29, 1.82) is 0 Å². The summed E-state index contributed by atoms with van der Waals surface area (Å²) in [6.45, 7) is 0.301. The topological polar surface area (TPSA) is 86.5 Å². The number of aliphatic hydroxyl groups excluding tert-OH is 1. The molecule has 4 aromatic rings. The average Bonchev–Trinajstić information content (AvgIpc) is 3.52. The number of fused-ring (bicyclic) bond motifs is 1. The molecule has 0 spiro atoms. The monoisotopic (exact) mass is 490 g/mol. The molecule has 1 atom stereocenters. The van der Waals surface area contributed by atoms with E-state index in [0.717, 1.165) is 20.9 Å². The van der Waals surface area contributed by atoms with E-state index in [1.54, 1.807) is 36.4 Å². The quantitative estimate of drug-likeness (QED) is 0.229. The normalized spacial score (nSPS) is 18.0. The maximum Gasteiger partial charge on any atom is 0.295 e. The number of halogens is 1. The summed E-state index contributed by atoms with van der Waals surface area (Å²) >= 11 is 3.36. The number of carbonyl (C=O) groups is 2. The van der Waals surface area contributed by atoms with Gasteiger partial charge in [0, 0.05) is 33.7 Å². The van der Waals surface area contributed by atoms with Crippen molar-refractivity contribution in [3.05, 3.63) is 100 Å². The molecule has 160 valence electrons. The fourth-order valence-corrected chi connectivity index (χ4v) is 4.46. The van der Waals surface area contributed by atoms with Crippen molar-refractivity contribution in [3.63, 3.8) is 0 Å². The van der Waals surface area contributed by atoms with Gasteiger partial charge < -0.3 is 19.4 Å². The Morgan fingerprint density at radius 2 is 1.84 bits per heavy atom. The number of rotatable bonds is 5. The lowest BCUT2D eigenvalue weighted by molar-refractivity contribution is -0.140. The molecule has 1 aliphatic rings. The first-order valence-corrected chi connectivity index (χ1v) is 11.0. The number of benzene rings is 2. The Bertz CT molecular complexity index is 1340. The highest BCUT2D eigenvalue weighted by Crippen LogP contribution is 2.39. The number of hydrogen-bond donors (Lipinski definition) is 2. The molecule has 2 N–H and O–H groups in total. The Morgan fingerprint density at radius 3 is 2.59 bits per heavy atom. The van der Waals surface area contributed by atoms with Crippen LogP contribution < -0.4 is 0 Å². The van der Waals surface area contributed by atoms with Crippen molar-refractivity contribution in [3.8, 4) is 0 Å². The number of aromatic amines is 1. The predicted octanol–water partition coefficient (Wildman–Crippen LogP) is 5.19. The summed E-state index contributed by atoms with van der Waals surface area (Å²) < 4.78 is 6.43. The van der Waals surface area contributed by atoms with Crippen molar-refractivity contribution < 1.29 is 19.1 Å². The van der Waals surface area contributed by atoms with Crippen LogP contribution in [0.15, 0.2) is 87.6 Å². The highest BCUT2D eigenvalue weighted by atomic mass is 79.9. The van der Waals surface area contributed by atoms with E-state index >= 15 is 0 Å². The van der Waals surface area contributed by atoms with E-state index in [0.29, 0.717) is 24.3 Å². The van der Waals surface area contributed by atoms with Gasteiger partial charge in [0.25, 0.3) is 11.7 Å². The van der Waals surface area contributed by atoms with Crippen LogP contribution in [0.4, 0.5) is 0 Å². The minimum atomic E-state index is -0.793. The van der Waals surface area contributed by atoms with Crippen molar-refractivity contribution in [2.45, 2.75) is 12.5 Å². The van der Waals surface area contributed by atoms with Crippen LogP contribution in [-0.4, -0.2) is 33.2 Å². The Hall–Kier alpha value is -3.58.